The molecular weight excluding hydrogens is 218 g/mol. The third-order valence-corrected chi connectivity index (χ3v) is 2.03. The fourth-order valence-electron chi connectivity index (χ4n) is 1.21. The molecule has 0 atom stereocenters. The van der Waals surface area contributed by atoms with Crippen LogP contribution in [0.5, 0.6) is 0 Å². The normalized spacial score (nSPS) is 10.8. The van der Waals surface area contributed by atoms with E-state index in [9.17, 15) is 0 Å². The monoisotopic (exact) mass is 227 g/mol. The van der Waals surface area contributed by atoms with Crippen LogP contribution in [-0.4, -0.2) is 40.2 Å². The van der Waals surface area contributed by atoms with Crippen LogP contribution in [0.4, 0.5) is 5.82 Å². The smallest absolute Gasteiger partial charge is 0.226 e. The number of imidazole rings is 1. The molecule has 0 saturated heterocycles. The molecule has 15 heavy (non-hydrogen) atoms. The molecule has 0 amide bonds. The first kappa shape index (κ1) is 10.1. The van der Waals surface area contributed by atoms with Crippen molar-refractivity contribution in [2.24, 2.45) is 0 Å². The van der Waals surface area contributed by atoms with Crippen LogP contribution in [0.25, 0.3) is 11.2 Å². The summed E-state index contributed by atoms with van der Waals surface area (Å²) in [6.07, 6.45) is 1.55. The van der Waals surface area contributed by atoms with E-state index in [1.807, 2.05) is 0 Å². The Morgan fingerprint density at radius 2 is 2.40 bits per heavy atom. The number of aromatic nitrogens is 4. The van der Waals surface area contributed by atoms with Crippen molar-refractivity contribution in [2.45, 2.75) is 0 Å². The summed E-state index contributed by atoms with van der Waals surface area (Å²) in [5.74, 6) is 0.638. The average Bonchev–Trinajstić information content (AvgIpc) is 2.65. The Balaban J connectivity index is 2.27. The number of nitrogens with one attached hydrogen (secondary N) is 2. The molecule has 2 aromatic rings. The lowest BCUT2D eigenvalue weighted by Crippen LogP contribution is -2.09. The van der Waals surface area contributed by atoms with E-state index in [0.29, 0.717) is 24.6 Å². The van der Waals surface area contributed by atoms with Gasteiger partial charge in [0.15, 0.2) is 11.5 Å². The lowest BCUT2D eigenvalue weighted by molar-refractivity contribution is 0.210. The van der Waals surface area contributed by atoms with Crippen molar-refractivity contribution in [1.29, 1.82) is 0 Å². The lowest BCUT2D eigenvalue weighted by Gasteiger charge is -2.05. The van der Waals surface area contributed by atoms with E-state index >= 15 is 0 Å². The Kier molecular flexibility index (Phi) is 2.98. The highest BCUT2D eigenvalue weighted by molar-refractivity contribution is 6.28. The molecule has 2 N–H and O–H groups in total. The maximum atomic E-state index is 5.75. The first-order valence-corrected chi connectivity index (χ1v) is 4.78. The zero-order chi connectivity index (χ0) is 10.7. The Morgan fingerprint density at radius 3 is 3.20 bits per heavy atom. The van der Waals surface area contributed by atoms with Crippen molar-refractivity contribution >= 4 is 28.6 Å². The molecule has 0 aliphatic heterocycles. The second kappa shape index (κ2) is 4.41. The van der Waals surface area contributed by atoms with Crippen LogP contribution in [0.1, 0.15) is 0 Å². The van der Waals surface area contributed by atoms with Crippen molar-refractivity contribution in [2.75, 3.05) is 25.6 Å². The fourth-order valence-corrected chi connectivity index (χ4v) is 1.37. The predicted molar refractivity (Wildman–Crippen MR) is 57.1 cm³/mol. The topological polar surface area (TPSA) is 75.7 Å². The van der Waals surface area contributed by atoms with Gasteiger partial charge in [0, 0.05) is 13.7 Å². The van der Waals surface area contributed by atoms with E-state index in [1.54, 1.807) is 13.4 Å². The molecule has 0 aliphatic rings. The van der Waals surface area contributed by atoms with Crippen LogP contribution >= 0.6 is 11.6 Å². The number of ether oxygens (including phenoxy) is 1. The number of nitrogens with zero attached hydrogens (tertiary/aromatic N) is 3. The van der Waals surface area contributed by atoms with Gasteiger partial charge in [-0.05, 0) is 11.6 Å². The molecule has 6 nitrogen and oxygen atoms in total. The first-order chi connectivity index (χ1) is 7.31. The molecule has 0 spiro atoms. The first-order valence-electron chi connectivity index (χ1n) is 4.40. The lowest BCUT2D eigenvalue weighted by atomic mass is 10.5. The largest absolute Gasteiger partial charge is 0.383 e. The van der Waals surface area contributed by atoms with E-state index in [0.717, 1.165) is 5.52 Å². The fraction of sp³-hybridized carbons (Fsp3) is 0.375. The number of anilines is 1. The quantitative estimate of drug-likeness (QED) is 0.604. The van der Waals surface area contributed by atoms with Gasteiger partial charge in [-0.3, -0.25) is 0 Å². The Labute approximate surface area is 91.0 Å². The molecule has 80 valence electrons. The summed E-state index contributed by atoms with van der Waals surface area (Å²) in [5, 5.41) is 3.26. The van der Waals surface area contributed by atoms with Crippen LogP contribution in [0.2, 0.25) is 5.28 Å². The summed E-state index contributed by atoms with van der Waals surface area (Å²) in [4.78, 5) is 15.0. The van der Waals surface area contributed by atoms with Crippen LogP contribution in [0.15, 0.2) is 6.33 Å². The summed E-state index contributed by atoms with van der Waals surface area (Å²) in [5.41, 5.74) is 1.30. The molecule has 2 aromatic heterocycles. The zero-order valence-corrected chi connectivity index (χ0v) is 8.88. The maximum Gasteiger partial charge on any atom is 0.226 e. The number of halogens is 1. The molecule has 0 bridgehead atoms. The zero-order valence-electron chi connectivity index (χ0n) is 8.12. The van der Waals surface area contributed by atoms with E-state index in [1.165, 1.54) is 0 Å². The molecule has 2 rings (SSSR count). The Hall–Kier alpha value is -1.40. The van der Waals surface area contributed by atoms with Crippen molar-refractivity contribution in [3.8, 4) is 0 Å². The maximum absolute atomic E-state index is 5.75. The van der Waals surface area contributed by atoms with Crippen molar-refractivity contribution in [3.63, 3.8) is 0 Å². The van der Waals surface area contributed by atoms with E-state index in [2.05, 4.69) is 25.3 Å². The van der Waals surface area contributed by atoms with E-state index < -0.39 is 0 Å². The van der Waals surface area contributed by atoms with Crippen LogP contribution in [0, 0.1) is 0 Å². The summed E-state index contributed by atoms with van der Waals surface area (Å²) < 4.78 is 4.92. The van der Waals surface area contributed by atoms with Gasteiger partial charge in [-0.2, -0.15) is 9.97 Å². The van der Waals surface area contributed by atoms with Crippen molar-refractivity contribution in [3.05, 3.63) is 11.6 Å². The molecule has 7 heteroatoms. The van der Waals surface area contributed by atoms with Gasteiger partial charge in [-0.15, -0.1) is 0 Å². The minimum Gasteiger partial charge on any atom is -0.383 e. The molecule has 0 radical (unpaired) electrons. The van der Waals surface area contributed by atoms with Gasteiger partial charge in [-0.1, -0.05) is 0 Å². The van der Waals surface area contributed by atoms with Crippen molar-refractivity contribution in [1.82, 2.24) is 19.9 Å². The Morgan fingerprint density at radius 1 is 1.53 bits per heavy atom. The summed E-state index contributed by atoms with van der Waals surface area (Å²) in [6, 6.07) is 0. The second-order valence-electron chi connectivity index (χ2n) is 2.86. The van der Waals surface area contributed by atoms with Gasteiger partial charge in [0.25, 0.3) is 0 Å². The third-order valence-electron chi connectivity index (χ3n) is 1.86. The number of H-pyrrole nitrogens is 1. The van der Waals surface area contributed by atoms with Crippen LogP contribution in [0.3, 0.4) is 0 Å². The number of methoxy groups -OCH3 is 1. The Bertz CT molecular complexity index is 457. The SMILES string of the molecule is COCCNc1nc(Cl)nc2nc[nH]c12. The molecule has 0 aliphatic carbocycles. The van der Waals surface area contributed by atoms with Gasteiger partial charge >= 0.3 is 0 Å². The van der Waals surface area contributed by atoms with Crippen LogP contribution < -0.4 is 5.32 Å². The van der Waals surface area contributed by atoms with E-state index in [4.69, 9.17) is 16.3 Å². The van der Waals surface area contributed by atoms with E-state index in [-0.39, 0.29) is 5.28 Å². The minimum atomic E-state index is 0.175. The summed E-state index contributed by atoms with van der Waals surface area (Å²) in [7, 11) is 1.64. The highest BCUT2D eigenvalue weighted by Crippen LogP contribution is 2.17. The van der Waals surface area contributed by atoms with Crippen molar-refractivity contribution < 1.29 is 4.74 Å². The highest BCUT2D eigenvalue weighted by Gasteiger charge is 2.07. The highest BCUT2D eigenvalue weighted by atomic mass is 35.5. The van der Waals surface area contributed by atoms with Crippen LogP contribution in [-0.2, 0) is 4.74 Å². The predicted octanol–water partition coefficient (Wildman–Crippen LogP) is 1.06. The average molecular weight is 228 g/mol. The van der Waals surface area contributed by atoms with Gasteiger partial charge < -0.3 is 15.0 Å². The number of aromatic amines is 1. The number of hydrogen-bond donors (Lipinski definition) is 2. The van der Waals surface area contributed by atoms with Gasteiger partial charge in [0.1, 0.15) is 5.52 Å². The summed E-state index contributed by atoms with van der Waals surface area (Å²) >= 11 is 5.75. The number of hydrogen-bond acceptors (Lipinski definition) is 5. The molecule has 0 unspecified atom stereocenters. The molecule has 0 saturated carbocycles. The molecule has 0 fully saturated rings. The third kappa shape index (κ3) is 2.16. The number of rotatable bonds is 4. The minimum absolute atomic E-state index is 0.175. The summed E-state index contributed by atoms with van der Waals surface area (Å²) in [6.45, 7) is 1.25. The van der Waals surface area contributed by atoms with Gasteiger partial charge in [-0.25, -0.2) is 4.98 Å². The second-order valence-corrected chi connectivity index (χ2v) is 3.20. The molecule has 0 aromatic carbocycles. The van der Waals surface area contributed by atoms with Gasteiger partial charge in [0.2, 0.25) is 5.28 Å². The molecular formula is C8H10ClN5O. The van der Waals surface area contributed by atoms with Gasteiger partial charge in [0.05, 0.1) is 12.9 Å². The molecule has 2 heterocycles. The number of fused-ring (bicyclic) bond motifs is 1. The standard InChI is InChI=1S/C8H10ClN5O/c1-15-3-2-10-6-5-7(12-4-11-5)14-8(9)13-6/h4H,2-3H2,1H3,(H2,10,11,12,13,14).